The number of hydrogen-bond donors (Lipinski definition) is 2. The second kappa shape index (κ2) is 10.0. The van der Waals surface area contributed by atoms with E-state index in [1.807, 2.05) is 48.5 Å². The number of anilines is 1. The number of sulfone groups is 1. The Morgan fingerprint density at radius 3 is 2.37 bits per heavy atom. The Hall–Kier alpha value is -4.17. The standard InChI is InChI=1S/C28H26FN5O6S/c1-38-19-8-6-18(7-9-19)17-4-2-16(3-5-17)12-34-23-10-20(25-32-27(40-33-25)28(31)14-39-15-28)21(29)11-24(23)41(36,37)13-22(30)26(34)35/h2-11,22H,12-15,30-31H2,1H3/t22-/m0/s1. The molecule has 13 heteroatoms. The van der Waals surface area contributed by atoms with E-state index in [-0.39, 0.29) is 47.6 Å². The molecule has 1 atom stereocenters. The fraction of sp³-hybridized carbons (Fsp3) is 0.250. The van der Waals surface area contributed by atoms with Crippen LogP contribution in [0.25, 0.3) is 22.5 Å². The topological polar surface area (TPSA) is 164 Å². The molecule has 3 heterocycles. The average Bonchev–Trinajstić information content (AvgIpc) is 3.43. The molecule has 1 saturated heterocycles. The van der Waals surface area contributed by atoms with Gasteiger partial charge < -0.3 is 30.4 Å². The highest BCUT2D eigenvalue weighted by molar-refractivity contribution is 7.91. The molecule has 0 aliphatic carbocycles. The summed E-state index contributed by atoms with van der Waals surface area (Å²) in [5.41, 5.74) is 13.6. The lowest BCUT2D eigenvalue weighted by molar-refractivity contribution is -0.119. The molecule has 0 unspecified atom stereocenters. The summed E-state index contributed by atoms with van der Waals surface area (Å²) in [7, 11) is -2.51. The maximum absolute atomic E-state index is 15.4. The van der Waals surface area contributed by atoms with E-state index in [1.165, 1.54) is 11.0 Å². The summed E-state index contributed by atoms with van der Waals surface area (Å²) in [6.07, 6.45) is 0. The summed E-state index contributed by atoms with van der Waals surface area (Å²) in [5, 5.41) is 3.85. The van der Waals surface area contributed by atoms with Gasteiger partial charge in [0.2, 0.25) is 11.7 Å². The number of halogens is 1. The molecule has 2 aliphatic heterocycles. The minimum Gasteiger partial charge on any atom is -0.497 e. The highest BCUT2D eigenvalue weighted by Crippen LogP contribution is 2.37. The lowest BCUT2D eigenvalue weighted by atomic mass is 9.99. The number of nitrogens with two attached hydrogens (primary N) is 2. The Morgan fingerprint density at radius 1 is 1.10 bits per heavy atom. The van der Waals surface area contributed by atoms with Crippen molar-refractivity contribution >= 4 is 21.4 Å². The van der Waals surface area contributed by atoms with Crippen molar-refractivity contribution in [3.63, 3.8) is 0 Å². The van der Waals surface area contributed by atoms with Crippen LogP contribution < -0.4 is 21.1 Å². The highest BCUT2D eigenvalue weighted by atomic mass is 32.2. The Labute approximate surface area is 234 Å². The smallest absolute Gasteiger partial charge is 0.251 e. The first-order chi connectivity index (χ1) is 19.6. The summed E-state index contributed by atoms with van der Waals surface area (Å²) in [6.45, 7) is 0.317. The summed E-state index contributed by atoms with van der Waals surface area (Å²) >= 11 is 0. The third-order valence-electron chi connectivity index (χ3n) is 7.19. The second-order valence-corrected chi connectivity index (χ2v) is 12.1. The molecule has 0 saturated carbocycles. The van der Waals surface area contributed by atoms with Gasteiger partial charge in [0, 0.05) is 0 Å². The fourth-order valence-corrected chi connectivity index (χ4v) is 6.37. The van der Waals surface area contributed by atoms with Gasteiger partial charge in [0.1, 0.15) is 17.1 Å². The van der Waals surface area contributed by atoms with E-state index in [4.69, 9.17) is 25.5 Å². The first-order valence-electron chi connectivity index (χ1n) is 12.7. The summed E-state index contributed by atoms with van der Waals surface area (Å²) in [4.78, 5) is 18.5. The van der Waals surface area contributed by atoms with Crippen molar-refractivity contribution in [1.29, 1.82) is 0 Å². The van der Waals surface area contributed by atoms with Gasteiger partial charge in [0.25, 0.3) is 5.89 Å². The number of carbonyl (C=O) groups excluding carboxylic acids is 1. The van der Waals surface area contributed by atoms with Crippen molar-refractivity contribution < 1.29 is 31.6 Å². The molecule has 11 nitrogen and oxygen atoms in total. The SMILES string of the molecule is COc1ccc(-c2ccc(CN3C(=O)[C@@H](N)CS(=O)(=O)c4cc(F)c(-c5noc(C6(N)COC6)n5)cc43)cc2)cc1. The number of hydrogen-bond acceptors (Lipinski definition) is 10. The Kier molecular flexibility index (Phi) is 6.61. The van der Waals surface area contributed by atoms with Crippen LogP contribution >= 0.6 is 0 Å². The maximum Gasteiger partial charge on any atom is 0.251 e. The van der Waals surface area contributed by atoms with E-state index in [0.29, 0.717) is 5.56 Å². The van der Waals surface area contributed by atoms with Crippen molar-refractivity contribution in [1.82, 2.24) is 10.1 Å². The van der Waals surface area contributed by atoms with Gasteiger partial charge in [-0.2, -0.15) is 4.98 Å². The number of fused-ring (bicyclic) bond motifs is 1. The van der Waals surface area contributed by atoms with Crippen LogP contribution in [0.5, 0.6) is 5.75 Å². The van der Waals surface area contributed by atoms with Crippen LogP contribution in [0, 0.1) is 5.82 Å². The number of methoxy groups -OCH3 is 1. The molecule has 4 N–H and O–H groups in total. The number of amides is 1. The van der Waals surface area contributed by atoms with Crippen molar-refractivity contribution in [2.24, 2.45) is 11.5 Å². The molecule has 0 bridgehead atoms. The molecule has 1 fully saturated rings. The van der Waals surface area contributed by atoms with Crippen molar-refractivity contribution in [2.45, 2.75) is 23.0 Å². The minimum atomic E-state index is -4.11. The number of aromatic nitrogens is 2. The zero-order chi connectivity index (χ0) is 28.9. The van der Waals surface area contributed by atoms with Gasteiger partial charge in [0.05, 0.1) is 54.8 Å². The molecule has 1 amide bonds. The van der Waals surface area contributed by atoms with Crippen molar-refractivity contribution in [3.05, 3.63) is 77.9 Å². The number of rotatable bonds is 6. The van der Waals surface area contributed by atoms with E-state index in [9.17, 15) is 13.2 Å². The largest absolute Gasteiger partial charge is 0.497 e. The minimum absolute atomic E-state index is 0.0102. The molecule has 1 aromatic heterocycles. The molecule has 41 heavy (non-hydrogen) atoms. The Balaban J connectivity index is 1.38. The highest BCUT2D eigenvalue weighted by Gasteiger charge is 2.42. The molecule has 3 aromatic carbocycles. The zero-order valence-electron chi connectivity index (χ0n) is 21.9. The van der Waals surface area contributed by atoms with Crippen LogP contribution in [-0.4, -0.2) is 56.6 Å². The van der Waals surface area contributed by atoms with E-state index in [2.05, 4.69) is 10.1 Å². The van der Waals surface area contributed by atoms with Crippen molar-refractivity contribution in [2.75, 3.05) is 31.0 Å². The third-order valence-corrected chi connectivity index (χ3v) is 8.98. The predicted molar refractivity (Wildman–Crippen MR) is 146 cm³/mol. The van der Waals surface area contributed by atoms with Gasteiger partial charge in [-0.25, -0.2) is 12.8 Å². The monoisotopic (exact) mass is 579 g/mol. The summed E-state index contributed by atoms with van der Waals surface area (Å²) < 4.78 is 57.3. The van der Waals surface area contributed by atoms with Gasteiger partial charge in [0.15, 0.2) is 9.84 Å². The zero-order valence-corrected chi connectivity index (χ0v) is 22.7. The van der Waals surface area contributed by atoms with Gasteiger partial charge in [-0.15, -0.1) is 0 Å². The van der Waals surface area contributed by atoms with Crippen molar-refractivity contribution in [3.8, 4) is 28.3 Å². The molecular weight excluding hydrogens is 553 g/mol. The molecule has 2 aliphatic rings. The van der Waals surface area contributed by atoms with Crippen LogP contribution in [0.2, 0.25) is 0 Å². The lowest BCUT2D eigenvalue weighted by Crippen LogP contribution is -2.54. The van der Waals surface area contributed by atoms with Gasteiger partial charge in [-0.05, 0) is 41.0 Å². The molecule has 0 spiro atoms. The second-order valence-electron chi connectivity index (χ2n) is 10.1. The fourth-order valence-electron chi connectivity index (χ4n) is 4.80. The Morgan fingerprint density at radius 2 is 1.76 bits per heavy atom. The third kappa shape index (κ3) is 4.86. The van der Waals surface area contributed by atoms with Crippen LogP contribution in [0.3, 0.4) is 0 Å². The summed E-state index contributed by atoms with van der Waals surface area (Å²) in [6, 6.07) is 15.8. The maximum atomic E-state index is 15.4. The molecule has 0 radical (unpaired) electrons. The van der Waals surface area contributed by atoms with E-state index < -0.39 is 38.9 Å². The van der Waals surface area contributed by atoms with Gasteiger partial charge >= 0.3 is 0 Å². The van der Waals surface area contributed by atoms with Crippen LogP contribution in [0.1, 0.15) is 11.5 Å². The quantitative estimate of drug-likeness (QED) is 0.347. The number of benzene rings is 3. The van der Waals surface area contributed by atoms with Gasteiger partial charge in [-0.3, -0.25) is 4.79 Å². The molecule has 6 rings (SSSR count). The van der Waals surface area contributed by atoms with Crippen LogP contribution in [-0.2, 0) is 31.5 Å². The van der Waals surface area contributed by atoms with E-state index in [1.54, 1.807) is 7.11 Å². The Bertz CT molecular complexity index is 1740. The summed E-state index contributed by atoms with van der Waals surface area (Å²) in [5.74, 6) is -1.52. The lowest BCUT2D eigenvalue weighted by Gasteiger charge is -2.33. The number of ether oxygens (including phenoxy) is 2. The first kappa shape index (κ1) is 27.0. The first-order valence-corrected chi connectivity index (χ1v) is 14.3. The van der Waals surface area contributed by atoms with Crippen LogP contribution in [0.4, 0.5) is 10.1 Å². The normalized spacial score (nSPS) is 19.3. The van der Waals surface area contributed by atoms with Gasteiger partial charge in [-0.1, -0.05) is 41.6 Å². The van der Waals surface area contributed by atoms with E-state index >= 15 is 4.39 Å². The number of nitrogens with zero attached hydrogens (tertiary/aromatic N) is 3. The molecule has 212 valence electrons. The molecule has 4 aromatic rings. The van der Waals surface area contributed by atoms with E-state index in [0.717, 1.165) is 22.9 Å². The predicted octanol–water partition coefficient (Wildman–Crippen LogP) is 2.38. The van der Waals surface area contributed by atoms with Crippen LogP contribution in [0.15, 0.2) is 70.1 Å². The number of carbonyl (C=O) groups is 1. The molecular formula is C28H26FN5O6S. The average molecular weight is 580 g/mol.